The number of anilines is 1. The Morgan fingerprint density at radius 3 is 2.84 bits per heavy atom. The molecule has 0 aliphatic heterocycles. The van der Waals surface area contributed by atoms with Crippen molar-refractivity contribution in [1.82, 2.24) is 9.38 Å². The van der Waals surface area contributed by atoms with Crippen LogP contribution in [0.1, 0.15) is 0 Å². The summed E-state index contributed by atoms with van der Waals surface area (Å²) in [7, 11) is 0. The molecule has 0 spiro atoms. The number of carbonyl (C=O) groups is 1. The minimum absolute atomic E-state index is 0.213. The lowest BCUT2D eigenvalue weighted by molar-refractivity contribution is -0.111. The van der Waals surface area contributed by atoms with Crippen LogP contribution in [0.2, 0.25) is 0 Å². The van der Waals surface area contributed by atoms with Gasteiger partial charge in [-0.3, -0.25) is 9.20 Å². The first-order chi connectivity index (χ1) is 9.26. The van der Waals surface area contributed by atoms with Crippen LogP contribution in [0.25, 0.3) is 16.2 Å². The van der Waals surface area contributed by atoms with E-state index in [1.165, 1.54) is 6.08 Å². The summed E-state index contributed by atoms with van der Waals surface area (Å²) in [5, 5.41) is 4.71. The smallest absolute Gasteiger partial charge is 0.247 e. The van der Waals surface area contributed by atoms with Crippen LogP contribution < -0.4 is 5.32 Å². The number of nitrogens with one attached hydrogen (secondary N) is 1. The van der Waals surface area contributed by atoms with Crippen molar-refractivity contribution in [2.45, 2.75) is 0 Å². The molecule has 0 radical (unpaired) electrons. The third-order valence-corrected chi connectivity index (χ3v) is 3.50. The number of aromatic nitrogens is 2. The highest BCUT2D eigenvalue weighted by molar-refractivity contribution is 7.15. The number of nitrogens with zero attached hydrogens (tertiary/aromatic N) is 2. The SMILES string of the molecule is C=CC(=O)Nc1ccc(-c2cn3ccsc3n2)cc1. The lowest BCUT2D eigenvalue weighted by atomic mass is 10.1. The minimum atomic E-state index is -0.213. The largest absolute Gasteiger partial charge is 0.323 e. The molecule has 19 heavy (non-hydrogen) atoms. The number of benzene rings is 1. The molecule has 0 bridgehead atoms. The van der Waals surface area contributed by atoms with Crippen LogP contribution in [0.4, 0.5) is 5.69 Å². The average Bonchev–Trinajstić information content (AvgIpc) is 3.00. The summed E-state index contributed by atoms with van der Waals surface area (Å²) in [6.45, 7) is 3.42. The van der Waals surface area contributed by atoms with Gasteiger partial charge in [0.2, 0.25) is 5.91 Å². The van der Waals surface area contributed by atoms with Gasteiger partial charge in [-0.1, -0.05) is 18.7 Å². The molecule has 0 aliphatic carbocycles. The maximum Gasteiger partial charge on any atom is 0.247 e. The Kier molecular flexibility index (Phi) is 2.89. The van der Waals surface area contributed by atoms with Crippen LogP contribution in [0.3, 0.4) is 0 Å². The van der Waals surface area contributed by atoms with Gasteiger partial charge in [-0.15, -0.1) is 11.3 Å². The Morgan fingerprint density at radius 2 is 2.16 bits per heavy atom. The van der Waals surface area contributed by atoms with Crippen molar-refractivity contribution in [3.8, 4) is 11.3 Å². The van der Waals surface area contributed by atoms with Crippen LogP contribution in [0.15, 0.2) is 54.7 Å². The summed E-state index contributed by atoms with van der Waals surface area (Å²) in [5.74, 6) is -0.213. The van der Waals surface area contributed by atoms with Gasteiger partial charge in [0.15, 0.2) is 4.96 Å². The Balaban J connectivity index is 1.87. The number of hydrogen-bond acceptors (Lipinski definition) is 3. The normalized spacial score (nSPS) is 10.5. The summed E-state index contributed by atoms with van der Waals surface area (Å²) in [4.78, 5) is 16.7. The van der Waals surface area contributed by atoms with E-state index in [0.29, 0.717) is 0 Å². The van der Waals surface area contributed by atoms with E-state index in [0.717, 1.165) is 21.9 Å². The minimum Gasteiger partial charge on any atom is -0.323 e. The summed E-state index contributed by atoms with van der Waals surface area (Å²) in [5.41, 5.74) is 2.69. The third kappa shape index (κ3) is 2.28. The van der Waals surface area contributed by atoms with Crippen molar-refractivity contribution >= 4 is 27.9 Å². The second-order valence-electron chi connectivity index (χ2n) is 3.99. The Hall–Kier alpha value is -2.40. The van der Waals surface area contributed by atoms with E-state index in [1.807, 2.05) is 46.4 Å². The van der Waals surface area contributed by atoms with Crippen LogP contribution in [-0.4, -0.2) is 15.3 Å². The number of hydrogen-bond donors (Lipinski definition) is 1. The average molecular weight is 269 g/mol. The molecule has 3 aromatic rings. The van der Waals surface area contributed by atoms with Crippen molar-refractivity contribution < 1.29 is 4.79 Å². The van der Waals surface area contributed by atoms with Crippen molar-refractivity contribution in [1.29, 1.82) is 0 Å². The predicted octanol–water partition coefficient (Wildman–Crippen LogP) is 3.19. The van der Waals surface area contributed by atoms with Gasteiger partial charge >= 0.3 is 0 Å². The second kappa shape index (κ2) is 4.70. The highest BCUT2D eigenvalue weighted by atomic mass is 32.1. The molecule has 0 atom stereocenters. The third-order valence-electron chi connectivity index (χ3n) is 2.73. The second-order valence-corrected chi connectivity index (χ2v) is 4.86. The molecule has 3 rings (SSSR count). The lowest BCUT2D eigenvalue weighted by Gasteiger charge is -2.02. The van der Waals surface area contributed by atoms with Crippen LogP contribution >= 0.6 is 11.3 Å². The fourth-order valence-electron chi connectivity index (χ4n) is 1.78. The summed E-state index contributed by atoms with van der Waals surface area (Å²) >= 11 is 1.60. The molecule has 0 saturated heterocycles. The Bertz CT molecular complexity index is 711. The zero-order valence-corrected chi connectivity index (χ0v) is 10.9. The molecule has 94 valence electrons. The molecule has 2 aromatic heterocycles. The van der Waals surface area contributed by atoms with Crippen LogP contribution in [0, 0.1) is 0 Å². The number of carbonyl (C=O) groups excluding carboxylic acids is 1. The molecule has 1 aromatic carbocycles. The maximum atomic E-state index is 11.2. The van der Waals surface area contributed by atoms with E-state index in [2.05, 4.69) is 16.9 Å². The Morgan fingerprint density at radius 1 is 1.37 bits per heavy atom. The van der Waals surface area contributed by atoms with E-state index in [-0.39, 0.29) is 5.91 Å². The van der Waals surface area contributed by atoms with Gasteiger partial charge < -0.3 is 5.32 Å². The number of thiazole rings is 1. The summed E-state index contributed by atoms with van der Waals surface area (Å²) < 4.78 is 1.99. The van der Waals surface area contributed by atoms with Gasteiger partial charge in [-0.25, -0.2) is 4.98 Å². The molecule has 5 heteroatoms. The molecule has 0 aliphatic rings. The van der Waals surface area contributed by atoms with Gasteiger partial charge in [0.1, 0.15) is 0 Å². The molecule has 4 nitrogen and oxygen atoms in total. The maximum absolute atomic E-state index is 11.2. The monoisotopic (exact) mass is 269 g/mol. The molecule has 1 amide bonds. The van der Waals surface area contributed by atoms with Crippen molar-refractivity contribution in [2.24, 2.45) is 0 Å². The van der Waals surface area contributed by atoms with Crippen molar-refractivity contribution in [3.05, 3.63) is 54.7 Å². The first kappa shape index (κ1) is 11.7. The Labute approximate surface area is 114 Å². The van der Waals surface area contributed by atoms with Gasteiger partial charge in [0.25, 0.3) is 0 Å². The quantitative estimate of drug-likeness (QED) is 0.742. The molecule has 0 saturated carbocycles. The molecule has 2 heterocycles. The van der Waals surface area contributed by atoms with E-state index in [1.54, 1.807) is 11.3 Å². The van der Waals surface area contributed by atoms with Gasteiger partial charge in [-0.2, -0.15) is 0 Å². The topological polar surface area (TPSA) is 46.4 Å². The summed E-state index contributed by atoms with van der Waals surface area (Å²) in [6, 6.07) is 7.57. The lowest BCUT2D eigenvalue weighted by Crippen LogP contribution is -2.06. The van der Waals surface area contributed by atoms with E-state index in [4.69, 9.17) is 0 Å². The molecule has 0 unspecified atom stereocenters. The van der Waals surface area contributed by atoms with E-state index < -0.39 is 0 Å². The molecular weight excluding hydrogens is 258 g/mol. The van der Waals surface area contributed by atoms with Crippen LogP contribution in [0.5, 0.6) is 0 Å². The van der Waals surface area contributed by atoms with Crippen LogP contribution in [-0.2, 0) is 4.79 Å². The fraction of sp³-hybridized carbons (Fsp3) is 0. The highest BCUT2D eigenvalue weighted by Crippen LogP contribution is 2.22. The summed E-state index contributed by atoms with van der Waals surface area (Å²) in [6.07, 6.45) is 5.22. The number of amides is 1. The predicted molar refractivity (Wildman–Crippen MR) is 77.3 cm³/mol. The van der Waals surface area contributed by atoms with Crippen molar-refractivity contribution in [3.63, 3.8) is 0 Å². The molecular formula is C14H11N3OS. The number of imidazole rings is 1. The fourth-order valence-corrected chi connectivity index (χ4v) is 2.48. The van der Waals surface area contributed by atoms with Gasteiger partial charge in [0, 0.05) is 29.0 Å². The van der Waals surface area contributed by atoms with Gasteiger partial charge in [0.05, 0.1) is 5.69 Å². The first-order valence-corrected chi connectivity index (χ1v) is 6.60. The van der Waals surface area contributed by atoms with Crippen molar-refractivity contribution in [2.75, 3.05) is 5.32 Å². The number of fused-ring (bicyclic) bond motifs is 1. The standard InChI is InChI=1S/C14H11N3OS/c1-2-13(18)15-11-5-3-10(4-6-11)12-9-17-7-8-19-14(17)16-12/h2-9H,1H2,(H,15,18). The first-order valence-electron chi connectivity index (χ1n) is 5.72. The van der Waals surface area contributed by atoms with E-state index in [9.17, 15) is 4.79 Å². The molecule has 1 N–H and O–H groups in total. The molecule has 0 fully saturated rings. The highest BCUT2D eigenvalue weighted by Gasteiger charge is 2.05. The van der Waals surface area contributed by atoms with Gasteiger partial charge in [-0.05, 0) is 18.2 Å². The van der Waals surface area contributed by atoms with E-state index >= 15 is 0 Å². The number of rotatable bonds is 3. The zero-order chi connectivity index (χ0) is 13.2. The zero-order valence-electron chi connectivity index (χ0n) is 10.0.